The van der Waals surface area contributed by atoms with Crippen molar-refractivity contribution in [2.45, 2.75) is 18.9 Å². The molecule has 0 saturated carbocycles. The van der Waals surface area contributed by atoms with Crippen molar-refractivity contribution in [2.24, 2.45) is 0 Å². The number of cyclic esters (lactones) is 1. The Morgan fingerprint density at radius 2 is 1.95 bits per heavy atom. The molecule has 0 radical (unpaired) electrons. The van der Waals surface area contributed by atoms with Crippen LogP contribution in [0, 0.1) is 0 Å². The molecule has 0 bridgehead atoms. The second kappa shape index (κ2) is 5.06. The van der Waals surface area contributed by atoms with E-state index in [0.29, 0.717) is 5.56 Å². The molecular formula is C14H12O5. The average Bonchev–Trinajstić information content (AvgIpc) is 2.48. The lowest BCUT2D eigenvalue weighted by Gasteiger charge is -2.13. The molecule has 1 N–H and O–H groups in total. The number of rotatable bonds is 3. The maximum absolute atomic E-state index is 12.0. The molecule has 5 nitrogen and oxygen atoms in total. The maximum Gasteiger partial charge on any atom is 0.339 e. The van der Waals surface area contributed by atoms with Gasteiger partial charge in [-0.3, -0.25) is 4.79 Å². The van der Waals surface area contributed by atoms with E-state index in [1.165, 1.54) is 6.07 Å². The third-order valence-electron chi connectivity index (χ3n) is 2.91. The minimum absolute atomic E-state index is 0.0327. The molecule has 5 heteroatoms. The number of carboxylic acids is 1. The van der Waals surface area contributed by atoms with Crippen LogP contribution in [0.2, 0.25) is 0 Å². The van der Waals surface area contributed by atoms with E-state index < -0.39 is 18.0 Å². The number of carbonyl (C=O) groups is 3. The summed E-state index contributed by atoms with van der Waals surface area (Å²) in [5.41, 5.74) is 0.448. The predicted octanol–water partition coefficient (Wildman–Crippen LogP) is 1.83. The van der Waals surface area contributed by atoms with Crippen molar-refractivity contribution in [3.63, 3.8) is 0 Å². The molecule has 1 atom stereocenters. The highest BCUT2D eigenvalue weighted by molar-refractivity contribution is 6.07. The van der Waals surface area contributed by atoms with E-state index in [1.807, 2.05) is 0 Å². The minimum atomic E-state index is -1.16. The standard InChI is InChI=1S/C14H12O5/c1-8(13(16)17)6-9-7-12(15)10-4-2-3-5-11(10)14(18)19-9/h2-5,9H,1,6-7H2,(H,16,17). The van der Waals surface area contributed by atoms with Crippen LogP contribution in [-0.4, -0.2) is 28.9 Å². The van der Waals surface area contributed by atoms with Gasteiger partial charge in [0.15, 0.2) is 5.78 Å². The Labute approximate surface area is 109 Å². The summed E-state index contributed by atoms with van der Waals surface area (Å²) >= 11 is 0. The fourth-order valence-corrected chi connectivity index (χ4v) is 1.95. The fraction of sp³-hybridized carbons (Fsp3) is 0.214. The first-order valence-corrected chi connectivity index (χ1v) is 5.73. The second-order valence-electron chi connectivity index (χ2n) is 4.31. The third-order valence-corrected chi connectivity index (χ3v) is 2.91. The summed E-state index contributed by atoms with van der Waals surface area (Å²) < 4.78 is 5.15. The van der Waals surface area contributed by atoms with Crippen molar-refractivity contribution in [1.82, 2.24) is 0 Å². The summed E-state index contributed by atoms with van der Waals surface area (Å²) in [5.74, 6) is -2.00. The van der Waals surface area contributed by atoms with Gasteiger partial charge in [0.25, 0.3) is 0 Å². The quantitative estimate of drug-likeness (QED) is 0.662. The van der Waals surface area contributed by atoms with Gasteiger partial charge in [-0.25, -0.2) is 9.59 Å². The van der Waals surface area contributed by atoms with Crippen molar-refractivity contribution in [3.8, 4) is 0 Å². The van der Waals surface area contributed by atoms with Gasteiger partial charge in [0.05, 0.1) is 5.56 Å². The summed E-state index contributed by atoms with van der Waals surface area (Å²) in [6.45, 7) is 3.38. The van der Waals surface area contributed by atoms with Crippen molar-refractivity contribution < 1.29 is 24.2 Å². The Morgan fingerprint density at radius 3 is 2.58 bits per heavy atom. The number of carbonyl (C=O) groups excluding carboxylic acids is 2. The first kappa shape index (κ1) is 13.0. The summed E-state index contributed by atoms with van der Waals surface area (Å²) in [6, 6.07) is 6.39. The van der Waals surface area contributed by atoms with E-state index in [0.717, 1.165) is 0 Å². The molecule has 1 heterocycles. The summed E-state index contributed by atoms with van der Waals surface area (Å²) in [6.07, 6.45) is -0.869. The molecule has 98 valence electrons. The van der Waals surface area contributed by atoms with Crippen LogP contribution in [-0.2, 0) is 9.53 Å². The first-order valence-electron chi connectivity index (χ1n) is 5.73. The predicted molar refractivity (Wildman–Crippen MR) is 66.0 cm³/mol. The van der Waals surface area contributed by atoms with Gasteiger partial charge in [0.2, 0.25) is 0 Å². The zero-order valence-corrected chi connectivity index (χ0v) is 10.1. The van der Waals surface area contributed by atoms with E-state index in [2.05, 4.69) is 6.58 Å². The third kappa shape index (κ3) is 2.70. The van der Waals surface area contributed by atoms with E-state index in [9.17, 15) is 14.4 Å². The Morgan fingerprint density at radius 1 is 1.32 bits per heavy atom. The number of ketones is 1. The molecule has 19 heavy (non-hydrogen) atoms. The summed E-state index contributed by atoms with van der Waals surface area (Å²) in [5, 5.41) is 8.76. The Balaban J connectivity index is 2.24. The number of carboxylic acid groups (broad SMARTS) is 1. The van der Waals surface area contributed by atoms with Crippen LogP contribution in [0.5, 0.6) is 0 Å². The van der Waals surface area contributed by atoms with Crippen molar-refractivity contribution in [2.75, 3.05) is 0 Å². The fourth-order valence-electron chi connectivity index (χ4n) is 1.95. The number of hydrogen-bond acceptors (Lipinski definition) is 4. The van der Waals surface area contributed by atoms with Gasteiger partial charge in [-0.15, -0.1) is 0 Å². The molecule has 0 fully saturated rings. The van der Waals surface area contributed by atoms with Crippen LogP contribution in [0.15, 0.2) is 36.4 Å². The van der Waals surface area contributed by atoms with E-state index in [4.69, 9.17) is 9.84 Å². The average molecular weight is 260 g/mol. The van der Waals surface area contributed by atoms with Gasteiger partial charge in [0.1, 0.15) is 6.10 Å². The largest absolute Gasteiger partial charge is 0.478 e. The lowest BCUT2D eigenvalue weighted by molar-refractivity contribution is -0.133. The molecule has 0 amide bonds. The molecule has 0 aromatic heterocycles. The molecule has 1 aliphatic rings. The van der Waals surface area contributed by atoms with Gasteiger partial charge in [-0.05, 0) is 6.07 Å². The zero-order chi connectivity index (χ0) is 14.0. The molecule has 0 aliphatic carbocycles. The monoisotopic (exact) mass is 260 g/mol. The highest BCUT2D eigenvalue weighted by Gasteiger charge is 2.29. The topological polar surface area (TPSA) is 80.7 Å². The van der Waals surface area contributed by atoms with Crippen LogP contribution in [0.4, 0.5) is 0 Å². The van der Waals surface area contributed by atoms with Crippen LogP contribution >= 0.6 is 0 Å². The molecule has 2 rings (SSSR count). The minimum Gasteiger partial charge on any atom is -0.478 e. The normalized spacial score (nSPS) is 18.2. The zero-order valence-electron chi connectivity index (χ0n) is 10.1. The molecule has 1 aliphatic heterocycles. The van der Waals surface area contributed by atoms with Gasteiger partial charge in [0, 0.05) is 24.0 Å². The summed E-state index contributed by atoms with van der Waals surface area (Å²) in [7, 11) is 0. The number of ether oxygens (including phenoxy) is 1. The SMILES string of the molecule is C=C(CC1CC(=O)c2ccccc2C(=O)O1)C(=O)O. The lowest BCUT2D eigenvalue weighted by atomic mass is 9.99. The molecule has 1 unspecified atom stereocenters. The van der Waals surface area contributed by atoms with Crippen molar-refractivity contribution in [1.29, 1.82) is 0 Å². The van der Waals surface area contributed by atoms with Crippen molar-refractivity contribution in [3.05, 3.63) is 47.5 Å². The molecule has 1 aromatic rings. The van der Waals surface area contributed by atoms with Crippen LogP contribution in [0.25, 0.3) is 0 Å². The molecule has 1 aromatic carbocycles. The lowest BCUT2D eigenvalue weighted by Crippen LogP contribution is -2.20. The van der Waals surface area contributed by atoms with Crippen molar-refractivity contribution >= 4 is 17.7 Å². The smallest absolute Gasteiger partial charge is 0.339 e. The number of esters is 1. The number of Topliss-reactive ketones (excluding diaryl/α,β-unsaturated/α-hetero) is 1. The van der Waals surface area contributed by atoms with Gasteiger partial charge in [-0.2, -0.15) is 0 Å². The van der Waals surface area contributed by atoms with Gasteiger partial charge >= 0.3 is 11.9 Å². The maximum atomic E-state index is 12.0. The Kier molecular flexibility index (Phi) is 3.46. The Hall–Kier alpha value is -2.43. The molecule has 0 spiro atoms. The molecular weight excluding hydrogens is 248 g/mol. The number of hydrogen-bond donors (Lipinski definition) is 1. The van der Waals surface area contributed by atoms with Crippen LogP contribution < -0.4 is 0 Å². The highest BCUT2D eigenvalue weighted by atomic mass is 16.5. The second-order valence-corrected chi connectivity index (χ2v) is 4.31. The van der Waals surface area contributed by atoms with E-state index in [1.54, 1.807) is 18.2 Å². The van der Waals surface area contributed by atoms with Crippen LogP contribution in [0.1, 0.15) is 33.6 Å². The number of fused-ring (bicyclic) bond motifs is 1. The van der Waals surface area contributed by atoms with Gasteiger partial charge < -0.3 is 9.84 Å². The first-order chi connectivity index (χ1) is 8.99. The number of aliphatic carboxylic acids is 1. The van der Waals surface area contributed by atoms with Crippen LogP contribution in [0.3, 0.4) is 0 Å². The molecule has 0 saturated heterocycles. The highest BCUT2D eigenvalue weighted by Crippen LogP contribution is 2.23. The van der Waals surface area contributed by atoms with E-state index in [-0.39, 0.29) is 29.8 Å². The number of benzene rings is 1. The Bertz CT molecular complexity index is 536. The van der Waals surface area contributed by atoms with Gasteiger partial charge in [-0.1, -0.05) is 24.8 Å². The van der Waals surface area contributed by atoms with E-state index >= 15 is 0 Å². The summed E-state index contributed by atoms with van der Waals surface area (Å²) in [4.78, 5) is 34.6.